The minimum atomic E-state index is -0.544. The summed E-state index contributed by atoms with van der Waals surface area (Å²) in [5.74, 6) is 10.8. The van der Waals surface area contributed by atoms with Gasteiger partial charge in [0.2, 0.25) is 35.0 Å². The van der Waals surface area contributed by atoms with Crippen molar-refractivity contribution < 1.29 is 44.3 Å². The van der Waals surface area contributed by atoms with Crippen LogP contribution in [0.5, 0.6) is 23.5 Å². The smallest absolute Gasteiger partial charge is 0.282 e. The van der Waals surface area contributed by atoms with Gasteiger partial charge in [0.05, 0.1) is 70.2 Å². The molecule has 12 aliphatic rings. The second-order valence-corrected chi connectivity index (χ2v) is 30.9. The average molecular weight is 1320 g/mol. The maximum absolute atomic E-state index is 12.5. The van der Waals surface area contributed by atoms with Gasteiger partial charge in [0.25, 0.3) is 6.04 Å². The number of carbonyl (C=O) groups is 3. The first-order valence-electron chi connectivity index (χ1n) is 36.3. The summed E-state index contributed by atoms with van der Waals surface area (Å²) in [7, 11) is 7.97. The molecule has 0 aromatic carbocycles. The van der Waals surface area contributed by atoms with E-state index in [0.29, 0.717) is 71.6 Å². The SMILES string of the molecule is COc1nc(C2CC2)nc2c1CC[C@H]1[C@H](C)C(=O)/C(=C\O)C[C@]21C.COc1nc(C2CC2)nc2c1CC[C@H]1[C@H](C)c3oncc3C[C@]21C.[3H]C.[C-]#[N+]C1=C[C@]2(C)c3nc(C4CC4)nc(OC)c3CC[C@H]2[C@H](C)C1=O.[C-]#[N+]C1C[C@]2(C)c3nc(C4CC4)nc(OC)c3CC[C@H]2[C@H](C)C1=O. The molecule has 0 amide bonds. The molecule has 0 radical (unpaired) electrons. The monoisotopic (exact) mass is 1320 g/mol. The molecular formula is C77H95N11O9. The maximum Gasteiger partial charge on any atom is 0.282 e. The largest absolute Gasteiger partial charge is 0.515 e. The normalized spacial score (nSPS) is 32.6. The van der Waals surface area contributed by atoms with Gasteiger partial charge in [-0.05, 0) is 139 Å². The molecule has 17 rings (SSSR count). The van der Waals surface area contributed by atoms with Crippen LogP contribution in [-0.2, 0) is 68.1 Å². The highest BCUT2D eigenvalue weighted by Crippen LogP contribution is 2.59. The zero-order chi connectivity index (χ0) is 69.7. The molecule has 12 aliphatic carbocycles. The van der Waals surface area contributed by atoms with Crippen LogP contribution < -0.4 is 18.9 Å². The van der Waals surface area contributed by atoms with Crippen LogP contribution in [0.25, 0.3) is 9.69 Å². The standard InChI is InChI=1S/2C19H23N3O2.C19H21N3O2.C19H24N2O3.CH4/c1-10-14-7-6-13-16(19(14,2)8-12-9-20-24-15(10)12)21-17(11-4-5-11)22-18(13)23-3;2*1-10-13-8-7-12-16(19(13,2)9-14(20-3)15(10)23)21-17(11-5-6-11)22-18(12)24-4;1-10-14-7-6-13-16(19(14,2)8-12(9-22)15(10)23)20-17(11-4-5-11)21-18(13)24-3;/h9-11,14H,4-8H2,1-3H3;10-11,13-14H,5-9H2,1-2,4H3;9-11,13H,5-8H2,1-2,4H3;9-11,14,22H,4-8H2,1-3H3;1H4/b;;;12-9-;/t10-,14-,19-;10-,13-,14?,19-;10-,13-,19-;10-,14-,19-;/m0000./s1/i;;;;1T. The number of ketones is 3. The highest BCUT2D eigenvalue weighted by Gasteiger charge is 2.58. The number of aromatic nitrogens is 9. The predicted molar refractivity (Wildman–Crippen MR) is 362 cm³/mol. The Labute approximate surface area is 571 Å². The lowest BCUT2D eigenvalue weighted by atomic mass is 9.55. The van der Waals surface area contributed by atoms with E-state index >= 15 is 0 Å². The van der Waals surface area contributed by atoms with E-state index in [4.69, 9.17) is 62.9 Å². The van der Waals surface area contributed by atoms with Crippen molar-refractivity contribution in [3.8, 4) is 23.5 Å². The lowest BCUT2D eigenvalue weighted by Gasteiger charge is -2.48. The molecule has 0 saturated heterocycles. The molecule has 512 valence electrons. The van der Waals surface area contributed by atoms with E-state index < -0.39 is 11.5 Å². The number of carbonyl (C=O) groups excluding carboxylic acids is 3. The van der Waals surface area contributed by atoms with Crippen LogP contribution >= 0.6 is 0 Å². The van der Waals surface area contributed by atoms with Gasteiger partial charge in [-0.25, -0.2) is 31.4 Å². The van der Waals surface area contributed by atoms with Gasteiger partial charge in [-0.2, -0.15) is 19.9 Å². The molecule has 6 saturated carbocycles. The summed E-state index contributed by atoms with van der Waals surface area (Å²) in [5, 5.41) is 13.6. The number of Topliss-reactive ketones (excluding diaryl/α,β-unsaturated/α-hetero) is 3. The molecule has 0 bridgehead atoms. The molecule has 1 N–H and O–H groups in total. The first kappa shape index (κ1) is 66.2. The van der Waals surface area contributed by atoms with Crippen LogP contribution in [0, 0.1) is 54.6 Å². The Morgan fingerprint density at radius 1 is 0.536 bits per heavy atom. The van der Waals surface area contributed by atoms with Gasteiger partial charge >= 0.3 is 0 Å². The van der Waals surface area contributed by atoms with Gasteiger partial charge in [0, 0.05) is 110 Å². The molecule has 20 heteroatoms. The van der Waals surface area contributed by atoms with Crippen molar-refractivity contribution >= 4 is 17.3 Å². The molecule has 13 atom stereocenters. The lowest BCUT2D eigenvalue weighted by molar-refractivity contribution is -0.129. The number of nitrogens with zero attached hydrogens (tertiary/aromatic N) is 11. The Balaban J connectivity index is 0.000000117. The number of allylic oxidation sites excluding steroid dienone is 3. The third kappa shape index (κ3) is 11.3. The summed E-state index contributed by atoms with van der Waals surface area (Å²) in [5.41, 5.74) is 9.79. The van der Waals surface area contributed by atoms with Gasteiger partial charge in [-0.1, -0.05) is 74.0 Å². The number of rotatable bonds is 8. The fourth-order valence-corrected chi connectivity index (χ4v) is 19.0. The third-order valence-electron chi connectivity index (χ3n) is 24.9. The molecule has 97 heavy (non-hydrogen) atoms. The second-order valence-electron chi connectivity index (χ2n) is 30.9. The summed E-state index contributed by atoms with van der Waals surface area (Å²) in [6.07, 6.45) is 23.4. The van der Waals surface area contributed by atoms with E-state index in [1.807, 2.05) is 33.0 Å². The zero-order valence-corrected chi connectivity index (χ0v) is 58.8. The summed E-state index contributed by atoms with van der Waals surface area (Å²) >= 11 is 0. The van der Waals surface area contributed by atoms with Crippen LogP contribution in [0.1, 0.15) is 263 Å². The van der Waals surface area contributed by atoms with E-state index in [9.17, 15) is 19.5 Å². The van der Waals surface area contributed by atoms with E-state index in [1.54, 1.807) is 28.4 Å². The molecule has 20 nitrogen and oxygen atoms in total. The van der Waals surface area contributed by atoms with Crippen LogP contribution in [0.4, 0.5) is 0 Å². The Hall–Kier alpha value is -8.00. The Kier molecular flexibility index (Phi) is 17.3. The van der Waals surface area contributed by atoms with Crippen molar-refractivity contribution in [1.82, 2.24) is 45.0 Å². The van der Waals surface area contributed by atoms with Crippen molar-refractivity contribution in [2.75, 3.05) is 28.4 Å². The number of ether oxygens (including phenoxy) is 4. The summed E-state index contributed by atoms with van der Waals surface area (Å²) in [4.78, 5) is 83.1. The van der Waals surface area contributed by atoms with Crippen molar-refractivity contribution in [3.63, 3.8) is 0 Å². The molecule has 5 heterocycles. The molecule has 0 spiro atoms. The van der Waals surface area contributed by atoms with Crippen molar-refractivity contribution in [2.24, 2.45) is 41.4 Å². The van der Waals surface area contributed by atoms with Crippen molar-refractivity contribution in [3.05, 3.63) is 132 Å². The number of fused-ring (bicyclic) bond motifs is 13. The predicted octanol–water partition coefficient (Wildman–Crippen LogP) is 13.7. The molecule has 6 fully saturated rings. The zero-order valence-electron chi connectivity index (χ0n) is 59.8. The fourth-order valence-electron chi connectivity index (χ4n) is 19.0. The lowest BCUT2D eigenvalue weighted by Crippen LogP contribution is -2.52. The molecule has 1 unspecified atom stereocenters. The molecule has 5 aromatic rings. The van der Waals surface area contributed by atoms with Crippen LogP contribution in [0.15, 0.2) is 34.3 Å². The van der Waals surface area contributed by atoms with E-state index in [-0.39, 0.29) is 74.8 Å². The quantitative estimate of drug-likeness (QED) is 0.0861. The average Bonchev–Trinajstić information content (AvgIpc) is 1.05. The van der Waals surface area contributed by atoms with Crippen LogP contribution in [0.2, 0.25) is 0 Å². The number of methoxy groups -OCH3 is 4. The first-order valence-corrected chi connectivity index (χ1v) is 35.3. The number of aliphatic hydroxyl groups is 1. The van der Waals surface area contributed by atoms with Crippen LogP contribution in [-0.4, -0.2) is 102 Å². The Morgan fingerprint density at radius 2 is 0.928 bits per heavy atom. The number of hydrogen-bond acceptors (Lipinski definition) is 18. The third-order valence-corrected chi connectivity index (χ3v) is 24.9. The minimum absolute atomic E-state index is 0.00537. The topological polar surface area (TPSA) is 246 Å². The van der Waals surface area contributed by atoms with Gasteiger partial charge in [0.15, 0.2) is 11.6 Å². The minimum Gasteiger partial charge on any atom is -0.515 e. The number of aliphatic hydroxyl groups excluding tert-OH is 1. The fraction of sp³-hybridized carbons (Fsp3) is 0.636. The second kappa shape index (κ2) is 25.4. The van der Waals surface area contributed by atoms with Crippen molar-refractivity contribution in [2.45, 2.75) is 242 Å². The van der Waals surface area contributed by atoms with E-state index in [2.05, 4.69) is 64.4 Å². The summed E-state index contributed by atoms with van der Waals surface area (Å²) in [6, 6.07) is -0.544. The van der Waals surface area contributed by atoms with E-state index in [0.717, 1.165) is 171 Å². The van der Waals surface area contributed by atoms with Gasteiger partial charge < -0.3 is 38.2 Å². The van der Waals surface area contributed by atoms with Crippen LogP contribution in [0.3, 0.4) is 0 Å². The van der Waals surface area contributed by atoms with Gasteiger partial charge in [-0.15, -0.1) is 0 Å². The van der Waals surface area contributed by atoms with Crippen molar-refractivity contribution in [1.29, 1.82) is 0 Å². The molecule has 0 aliphatic heterocycles. The summed E-state index contributed by atoms with van der Waals surface area (Å²) < 4.78 is 33.7. The number of hydrogen-bond donors (Lipinski definition) is 1. The molecular weight excluding hydrogens is 1220 g/mol. The first-order chi connectivity index (χ1) is 47.1. The summed E-state index contributed by atoms with van der Waals surface area (Å²) in [6.45, 7) is 31.9. The highest BCUT2D eigenvalue weighted by atomic mass is 16.5. The Morgan fingerprint density at radius 3 is 1.35 bits per heavy atom. The van der Waals surface area contributed by atoms with Gasteiger partial charge in [0.1, 0.15) is 29.1 Å². The van der Waals surface area contributed by atoms with E-state index in [1.165, 1.54) is 37.1 Å². The maximum atomic E-state index is 12.5. The highest BCUT2D eigenvalue weighted by molar-refractivity contribution is 6.00. The Bertz CT molecular complexity index is 4160. The molecule has 5 aromatic heterocycles. The van der Waals surface area contributed by atoms with Gasteiger partial charge in [-0.3, -0.25) is 9.59 Å².